The van der Waals surface area contributed by atoms with E-state index < -0.39 is 0 Å². The highest BCUT2D eigenvalue weighted by Crippen LogP contribution is 2.55. The lowest BCUT2D eigenvalue weighted by molar-refractivity contribution is 0.220. The molecule has 0 N–H and O–H groups in total. The fourth-order valence-electron chi connectivity index (χ4n) is 4.70. The number of aromatic nitrogens is 1. The number of methoxy groups -OCH3 is 2. The van der Waals surface area contributed by atoms with E-state index in [9.17, 15) is 0 Å². The number of likely N-dealkylation sites (tertiary alicyclic amines) is 1. The maximum Gasteiger partial charge on any atom is 0.161 e. The summed E-state index contributed by atoms with van der Waals surface area (Å²) in [6, 6.07) is 11.1. The van der Waals surface area contributed by atoms with Crippen molar-refractivity contribution >= 4 is 0 Å². The van der Waals surface area contributed by atoms with Crippen LogP contribution in [0.15, 0.2) is 36.5 Å². The van der Waals surface area contributed by atoms with E-state index in [4.69, 9.17) is 9.47 Å². The van der Waals surface area contributed by atoms with Crippen molar-refractivity contribution in [3.8, 4) is 11.5 Å². The van der Waals surface area contributed by atoms with Crippen molar-refractivity contribution in [2.45, 2.75) is 30.7 Å². The normalized spacial score (nSPS) is 25.9. The summed E-state index contributed by atoms with van der Waals surface area (Å²) in [5, 5.41) is 0. The number of aryl methyl sites for hydroxylation is 1. The Morgan fingerprint density at radius 2 is 1.96 bits per heavy atom. The summed E-state index contributed by atoms with van der Waals surface area (Å²) in [5.74, 6) is 1.60. The Balaban J connectivity index is 1.85. The molecule has 0 unspecified atom stereocenters. The Kier molecular flexibility index (Phi) is 3.72. The molecule has 4 nitrogen and oxygen atoms in total. The van der Waals surface area contributed by atoms with Crippen molar-refractivity contribution in [3.05, 3.63) is 53.3 Å². The summed E-state index contributed by atoms with van der Waals surface area (Å²) < 4.78 is 11.0. The number of pyridine rings is 1. The molecule has 0 saturated carbocycles. The third-order valence-corrected chi connectivity index (χ3v) is 5.86. The molecular formula is C20H24N2O2. The minimum atomic E-state index is 0.129. The Morgan fingerprint density at radius 3 is 2.75 bits per heavy atom. The molecule has 4 rings (SSSR count). The lowest BCUT2D eigenvalue weighted by atomic mass is 9.65. The van der Waals surface area contributed by atoms with Crippen LogP contribution < -0.4 is 9.47 Å². The molecule has 0 bridgehead atoms. The van der Waals surface area contributed by atoms with Crippen LogP contribution in [0.1, 0.15) is 35.7 Å². The van der Waals surface area contributed by atoms with Gasteiger partial charge in [0.1, 0.15) is 0 Å². The van der Waals surface area contributed by atoms with Gasteiger partial charge in [0.15, 0.2) is 11.5 Å². The van der Waals surface area contributed by atoms with Gasteiger partial charge in [-0.15, -0.1) is 0 Å². The van der Waals surface area contributed by atoms with Crippen LogP contribution in [0.25, 0.3) is 0 Å². The monoisotopic (exact) mass is 324 g/mol. The van der Waals surface area contributed by atoms with E-state index in [-0.39, 0.29) is 5.41 Å². The minimum absolute atomic E-state index is 0.129. The highest BCUT2D eigenvalue weighted by atomic mass is 16.5. The van der Waals surface area contributed by atoms with E-state index in [1.807, 2.05) is 12.3 Å². The van der Waals surface area contributed by atoms with Gasteiger partial charge in [-0.25, -0.2) is 0 Å². The van der Waals surface area contributed by atoms with Gasteiger partial charge in [-0.2, -0.15) is 0 Å². The number of hydrogen-bond acceptors (Lipinski definition) is 4. The fraction of sp³-hybridized carbons (Fsp3) is 0.450. The second-order valence-electron chi connectivity index (χ2n) is 6.90. The first-order chi connectivity index (χ1) is 11.7. The van der Waals surface area contributed by atoms with Crippen LogP contribution in [-0.4, -0.2) is 37.7 Å². The molecule has 0 spiro atoms. The van der Waals surface area contributed by atoms with Crippen molar-refractivity contribution < 1.29 is 9.47 Å². The molecule has 1 aromatic carbocycles. The molecule has 2 heterocycles. The summed E-state index contributed by atoms with van der Waals surface area (Å²) in [6.07, 6.45) is 5.24. The molecule has 126 valence electrons. The van der Waals surface area contributed by atoms with Gasteiger partial charge >= 0.3 is 0 Å². The standard InChI is InChI=1S/C20H24N2O2/c1-22-12-10-20(14-6-7-17(23-2)18(13-14)24-3)9-8-16-15(19(20)22)5-4-11-21-16/h4-7,11,13,19H,8-10,12H2,1-3H3/t19-,20-/m0/s1. The number of fused-ring (bicyclic) bond motifs is 3. The predicted molar refractivity (Wildman–Crippen MR) is 93.8 cm³/mol. The van der Waals surface area contributed by atoms with Gasteiger partial charge in [-0.1, -0.05) is 12.1 Å². The Hall–Kier alpha value is -2.07. The Bertz CT molecular complexity index is 761. The highest BCUT2D eigenvalue weighted by Gasteiger charge is 2.50. The molecule has 1 saturated heterocycles. The van der Waals surface area contributed by atoms with E-state index in [0.717, 1.165) is 37.3 Å². The zero-order chi connectivity index (χ0) is 16.7. The number of benzene rings is 1. The van der Waals surface area contributed by atoms with E-state index in [1.165, 1.54) is 16.8 Å². The van der Waals surface area contributed by atoms with E-state index in [0.29, 0.717) is 6.04 Å². The van der Waals surface area contributed by atoms with Gasteiger partial charge in [-0.3, -0.25) is 9.88 Å². The molecule has 0 radical (unpaired) electrons. The molecular weight excluding hydrogens is 300 g/mol. The molecule has 1 aliphatic carbocycles. The highest BCUT2D eigenvalue weighted by molar-refractivity contribution is 5.48. The van der Waals surface area contributed by atoms with E-state index >= 15 is 0 Å². The van der Waals surface area contributed by atoms with Crippen molar-refractivity contribution in [1.29, 1.82) is 0 Å². The second-order valence-corrected chi connectivity index (χ2v) is 6.90. The fourth-order valence-corrected chi connectivity index (χ4v) is 4.70. The summed E-state index contributed by atoms with van der Waals surface area (Å²) in [4.78, 5) is 7.11. The molecule has 4 heteroatoms. The molecule has 1 aliphatic heterocycles. The van der Waals surface area contributed by atoms with Crippen molar-refractivity contribution in [2.24, 2.45) is 0 Å². The average molecular weight is 324 g/mol. The zero-order valence-corrected chi connectivity index (χ0v) is 14.6. The van der Waals surface area contributed by atoms with Crippen LogP contribution in [0.4, 0.5) is 0 Å². The van der Waals surface area contributed by atoms with Crippen LogP contribution in [0.5, 0.6) is 11.5 Å². The van der Waals surface area contributed by atoms with Crippen LogP contribution >= 0.6 is 0 Å². The topological polar surface area (TPSA) is 34.6 Å². The van der Waals surface area contributed by atoms with E-state index in [2.05, 4.69) is 41.2 Å². The molecule has 2 aliphatic rings. The lowest BCUT2D eigenvalue weighted by Gasteiger charge is -2.42. The van der Waals surface area contributed by atoms with Crippen molar-refractivity contribution in [2.75, 3.05) is 27.8 Å². The van der Waals surface area contributed by atoms with Crippen LogP contribution in [0.3, 0.4) is 0 Å². The van der Waals surface area contributed by atoms with Gasteiger partial charge in [0, 0.05) is 23.3 Å². The predicted octanol–water partition coefficient (Wildman–Crippen LogP) is 3.36. The maximum atomic E-state index is 5.56. The lowest BCUT2D eigenvalue weighted by Crippen LogP contribution is -2.38. The first-order valence-electron chi connectivity index (χ1n) is 8.56. The molecule has 1 aromatic heterocycles. The number of nitrogens with zero attached hydrogens (tertiary/aromatic N) is 2. The number of rotatable bonds is 3. The summed E-state index contributed by atoms with van der Waals surface area (Å²) in [7, 11) is 5.62. The van der Waals surface area contributed by atoms with Crippen molar-refractivity contribution in [1.82, 2.24) is 9.88 Å². The molecule has 24 heavy (non-hydrogen) atoms. The molecule has 1 fully saturated rings. The number of hydrogen-bond donors (Lipinski definition) is 0. The molecule has 0 amide bonds. The van der Waals surface area contributed by atoms with Gasteiger partial charge in [0.25, 0.3) is 0 Å². The Morgan fingerprint density at radius 1 is 1.12 bits per heavy atom. The largest absolute Gasteiger partial charge is 0.493 e. The smallest absolute Gasteiger partial charge is 0.161 e. The van der Waals surface area contributed by atoms with Crippen molar-refractivity contribution in [3.63, 3.8) is 0 Å². The summed E-state index contributed by atoms with van der Waals surface area (Å²) in [6.45, 7) is 1.10. The Labute approximate surface area is 143 Å². The quantitative estimate of drug-likeness (QED) is 0.867. The van der Waals surface area contributed by atoms with Gasteiger partial charge in [0.2, 0.25) is 0 Å². The van der Waals surface area contributed by atoms with Crippen LogP contribution in [0.2, 0.25) is 0 Å². The van der Waals surface area contributed by atoms with Gasteiger partial charge < -0.3 is 9.47 Å². The third kappa shape index (κ3) is 2.13. The molecule has 2 atom stereocenters. The molecule has 2 aromatic rings. The van der Waals surface area contributed by atoms with Gasteiger partial charge in [0.05, 0.1) is 14.2 Å². The van der Waals surface area contributed by atoms with Crippen LogP contribution in [-0.2, 0) is 11.8 Å². The van der Waals surface area contributed by atoms with Crippen LogP contribution in [0, 0.1) is 0 Å². The number of ether oxygens (including phenoxy) is 2. The minimum Gasteiger partial charge on any atom is -0.493 e. The second kappa shape index (κ2) is 5.78. The first kappa shape index (κ1) is 15.5. The summed E-state index contributed by atoms with van der Waals surface area (Å²) >= 11 is 0. The number of likely N-dealkylation sites (N-methyl/N-ethyl adjacent to an activating group) is 1. The third-order valence-electron chi connectivity index (χ3n) is 5.86. The summed E-state index contributed by atoms with van der Waals surface area (Å²) in [5.41, 5.74) is 4.12. The average Bonchev–Trinajstić information content (AvgIpc) is 2.99. The van der Waals surface area contributed by atoms with Gasteiger partial charge in [-0.05, 0) is 62.2 Å². The SMILES string of the molecule is COc1ccc([C@@]23CCc4ncccc4[C@@H]2N(C)CC3)cc1OC. The van der Waals surface area contributed by atoms with E-state index in [1.54, 1.807) is 14.2 Å². The first-order valence-corrected chi connectivity index (χ1v) is 8.56. The maximum absolute atomic E-state index is 5.56. The zero-order valence-electron chi connectivity index (χ0n) is 14.6.